The van der Waals surface area contributed by atoms with Crippen molar-refractivity contribution in [1.82, 2.24) is 14.3 Å². The van der Waals surface area contributed by atoms with E-state index in [4.69, 9.17) is 0 Å². The van der Waals surface area contributed by atoms with Gasteiger partial charge in [0.25, 0.3) is 10.2 Å². The van der Waals surface area contributed by atoms with Crippen molar-refractivity contribution in [3.63, 3.8) is 0 Å². The van der Waals surface area contributed by atoms with E-state index in [1.54, 1.807) is 4.31 Å². The molecule has 2 N–H and O–H groups in total. The summed E-state index contributed by atoms with van der Waals surface area (Å²) in [6.45, 7) is 2.88. The van der Waals surface area contributed by atoms with Crippen LogP contribution in [0.1, 0.15) is 38.5 Å². The summed E-state index contributed by atoms with van der Waals surface area (Å²) in [5.74, 6) is 0. The summed E-state index contributed by atoms with van der Waals surface area (Å²) in [5.41, 5.74) is 0. The molecule has 2 saturated heterocycles. The van der Waals surface area contributed by atoms with Gasteiger partial charge in [-0.2, -0.15) is 12.7 Å². The van der Waals surface area contributed by atoms with Crippen molar-refractivity contribution < 1.29 is 8.42 Å². The number of hydrogen-bond donors (Lipinski definition) is 2. The second-order valence-electron chi connectivity index (χ2n) is 4.96. The minimum Gasteiger partial charge on any atom is -0.313 e. The second kappa shape index (κ2) is 7.65. The van der Waals surface area contributed by atoms with Crippen molar-refractivity contribution >= 4 is 22.6 Å². The number of nitrogens with one attached hydrogen (secondary N) is 2. The summed E-state index contributed by atoms with van der Waals surface area (Å²) in [6, 6.07) is 0.316. The highest BCUT2D eigenvalue weighted by molar-refractivity contribution is 7.87. The van der Waals surface area contributed by atoms with Crippen LogP contribution in [-0.2, 0) is 10.2 Å². The fourth-order valence-electron chi connectivity index (χ4n) is 2.51. The van der Waals surface area contributed by atoms with Gasteiger partial charge in [-0.15, -0.1) is 12.4 Å². The SMILES string of the molecule is Cl.O=S(=O)(NCC1CCCN1)N1CCCCCC1. The lowest BCUT2D eigenvalue weighted by Gasteiger charge is -2.21. The molecular weight excluding hydrogens is 274 g/mol. The molecule has 5 nitrogen and oxygen atoms in total. The Morgan fingerprint density at radius 3 is 2.33 bits per heavy atom. The van der Waals surface area contributed by atoms with Crippen molar-refractivity contribution in [3.05, 3.63) is 0 Å². The van der Waals surface area contributed by atoms with Gasteiger partial charge in [-0.1, -0.05) is 12.8 Å². The van der Waals surface area contributed by atoms with Gasteiger partial charge in [-0.25, -0.2) is 4.72 Å². The largest absolute Gasteiger partial charge is 0.313 e. The standard InChI is InChI=1S/C11H23N3O2S.ClH/c15-17(16,13-10-11-6-5-7-12-11)14-8-3-1-2-4-9-14;/h11-13H,1-10H2;1H. The fraction of sp³-hybridized carbons (Fsp3) is 1.00. The fourth-order valence-corrected chi connectivity index (χ4v) is 3.84. The molecule has 0 amide bonds. The van der Waals surface area contributed by atoms with E-state index in [9.17, 15) is 8.42 Å². The maximum atomic E-state index is 12.1. The first-order valence-electron chi connectivity index (χ1n) is 6.66. The molecule has 2 heterocycles. The summed E-state index contributed by atoms with van der Waals surface area (Å²) < 4.78 is 28.5. The first kappa shape index (κ1) is 16.2. The molecule has 0 radical (unpaired) electrons. The smallest absolute Gasteiger partial charge is 0.279 e. The van der Waals surface area contributed by atoms with E-state index < -0.39 is 10.2 Å². The van der Waals surface area contributed by atoms with E-state index in [0.29, 0.717) is 25.7 Å². The molecular formula is C11H24ClN3O2S. The summed E-state index contributed by atoms with van der Waals surface area (Å²) >= 11 is 0. The zero-order chi connectivity index (χ0) is 12.1. The van der Waals surface area contributed by atoms with Gasteiger partial charge in [0.2, 0.25) is 0 Å². The predicted octanol–water partition coefficient (Wildman–Crippen LogP) is 0.871. The molecule has 7 heteroatoms. The van der Waals surface area contributed by atoms with Gasteiger partial charge < -0.3 is 5.32 Å². The van der Waals surface area contributed by atoms with Crippen molar-refractivity contribution in [2.24, 2.45) is 0 Å². The van der Waals surface area contributed by atoms with Crippen LogP contribution in [0.2, 0.25) is 0 Å². The zero-order valence-corrected chi connectivity index (χ0v) is 12.4. The third kappa shape index (κ3) is 4.66. The maximum absolute atomic E-state index is 12.1. The number of hydrogen-bond acceptors (Lipinski definition) is 3. The lowest BCUT2D eigenvalue weighted by Crippen LogP contribution is -2.45. The highest BCUT2D eigenvalue weighted by atomic mass is 35.5. The van der Waals surface area contributed by atoms with Crippen molar-refractivity contribution in [2.45, 2.75) is 44.6 Å². The van der Waals surface area contributed by atoms with Gasteiger partial charge in [0.1, 0.15) is 0 Å². The molecule has 2 rings (SSSR count). The Bertz CT molecular complexity index is 323. The highest BCUT2D eigenvalue weighted by Crippen LogP contribution is 2.12. The zero-order valence-electron chi connectivity index (χ0n) is 10.7. The minimum atomic E-state index is -3.25. The van der Waals surface area contributed by atoms with Crippen molar-refractivity contribution in [3.8, 4) is 0 Å². The molecule has 108 valence electrons. The first-order chi connectivity index (χ1) is 8.18. The van der Waals surface area contributed by atoms with E-state index >= 15 is 0 Å². The van der Waals surface area contributed by atoms with Gasteiger partial charge in [0.15, 0.2) is 0 Å². The number of nitrogens with zero attached hydrogens (tertiary/aromatic N) is 1. The van der Waals surface area contributed by atoms with E-state index in [-0.39, 0.29) is 12.4 Å². The molecule has 2 aliphatic rings. The lowest BCUT2D eigenvalue weighted by molar-refractivity contribution is 0.411. The summed E-state index contributed by atoms with van der Waals surface area (Å²) in [5, 5.41) is 3.30. The van der Waals surface area contributed by atoms with Crippen LogP contribution >= 0.6 is 12.4 Å². The summed E-state index contributed by atoms with van der Waals surface area (Å²) in [6.07, 6.45) is 6.50. The van der Waals surface area contributed by atoms with E-state index in [0.717, 1.165) is 45.1 Å². The molecule has 1 unspecified atom stereocenters. The Hall–Kier alpha value is 0.120. The van der Waals surface area contributed by atoms with Crippen LogP contribution in [0, 0.1) is 0 Å². The van der Waals surface area contributed by atoms with Gasteiger partial charge in [0, 0.05) is 25.7 Å². The molecule has 0 aromatic rings. The average Bonchev–Trinajstić information content (AvgIpc) is 2.66. The summed E-state index contributed by atoms with van der Waals surface area (Å²) in [4.78, 5) is 0. The third-order valence-electron chi connectivity index (χ3n) is 3.58. The third-order valence-corrected chi connectivity index (χ3v) is 5.16. The summed E-state index contributed by atoms with van der Waals surface area (Å²) in [7, 11) is -3.25. The van der Waals surface area contributed by atoms with Crippen molar-refractivity contribution in [1.29, 1.82) is 0 Å². The monoisotopic (exact) mass is 297 g/mol. The molecule has 0 spiro atoms. The molecule has 0 saturated carbocycles. The second-order valence-corrected chi connectivity index (χ2v) is 6.72. The number of halogens is 1. The van der Waals surface area contributed by atoms with Crippen LogP contribution in [0.4, 0.5) is 0 Å². The van der Waals surface area contributed by atoms with Gasteiger partial charge in [-0.3, -0.25) is 0 Å². The Morgan fingerprint density at radius 1 is 1.11 bits per heavy atom. The van der Waals surface area contributed by atoms with Crippen LogP contribution < -0.4 is 10.0 Å². The number of rotatable bonds is 4. The highest BCUT2D eigenvalue weighted by Gasteiger charge is 2.24. The molecule has 18 heavy (non-hydrogen) atoms. The van der Waals surface area contributed by atoms with Crippen LogP contribution in [0.5, 0.6) is 0 Å². The average molecular weight is 298 g/mol. The Kier molecular flexibility index (Phi) is 6.87. The normalized spacial score (nSPS) is 26.6. The van der Waals surface area contributed by atoms with Gasteiger partial charge >= 0.3 is 0 Å². The quantitative estimate of drug-likeness (QED) is 0.809. The van der Waals surface area contributed by atoms with Crippen molar-refractivity contribution in [2.75, 3.05) is 26.2 Å². The van der Waals surface area contributed by atoms with Gasteiger partial charge in [-0.05, 0) is 32.2 Å². The Morgan fingerprint density at radius 2 is 1.78 bits per heavy atom. The predicted molar refractivity (Wildman–Crippen MR) is 75.2 cm³/mol. The molecule has 1 atom stereocenters. The maximum Gasteiger partial charge on any atom is 0.279 e. The van der Waals surface area contributed by atoms with Crippen LogP contribution in [0.15, 0.2) is 0 Å². The molecule has 0 aromatic carbocycles. The topological polar surface area (TPSA) is 61.4 Å². The van der Waals surface area contributed by atoms with E-state index in [2.05, 4.69) is 10.0 Å². The van der Waals surface area contributed by atoms with E-state index in [1.165, 1.54) is 0 Å². The van der Waals surface area contributed by atoms with Crippen LogP contribution in [0.3, 0.4) is 0 Å². The van der Waals surface area contributed by atoms with Crippen LogP contribution in [0.25, 0.3) is 0 Å². The Balaban J connectivity index is 0.00000162. The lowest BCUT2D eigenvalue weighted by atomic mass is 10.2. The van der Waals surface area contributed by atoms with Gasteiger partial charge in [0.05, 0.1) is 0 Å². The molecule has 2 fully saturated rings. The van der Waals surface area contributed by atoms with E-state index in [1.807, 2.05) is 0 Å². The first-order valence-corrected chi connectivity index (χ1v) is 8.10. The molecule has 0 bridgehead atoms. The Labute approximate surface area is 116 Å². The minimum absolute atomic E-state index is 0. The molecule has 0 aromatic heterocycles. The van der Waals surface area contributed by atoms with Crippen LogP contribution in [-0.4, -0.2) is 44.9 Å². The molecule has 2 aliphatic heterocycles. The molecule has 0 aliphatic carbocycles.